The number of thiophene rings is 1. The van der Waals surface area contributed by atoms with Gasteiger partial charge in [-0.05, 0) is 44.4 Å². The van der Waals surface area contributed by atoms with Crippen molar-refractivity contribution in [1.29, 1.82) is 0 Å². The number of nitrogens with one attached hydrogen (secondary N) is 1. The Hall–Kier alpha value is -2.65. The minimum absolute atomic E-state index is 0.0335. The highest BCUT2D eigenvalue weighted by Gasteiger charge is 2.27. The van der Waals surface area contributed by atoms with Gasteiger partial charge in [0, 0.05) is 0 Å². The standard InChI is InChI=1S/C18H19N3O4S2/c1-11-5-7-14(8-6-11)21-13(3)16(12(2)19-21)20-27(23,24)15-9-10-26-17(15)18(22)25-4/h5-10,20H,1-4H3. The summed E-state index contributed by atoms with van der Waals surface area (Å²) in [5, 5.41) is 5.99. The molecule has 2 heterocycles. The van der Waals surface area contributed by atoms with E-state index in [1.807, 2.05) is 31.2 Å². The van der Waals surface area contributed by atoms with Crippen LogP contribution in [0.1, 0.15) is 26.6 Å². The molecule has 0 spiro atoms. The summed E-state index contributed by atoms with van der Waals surface area (Å²) in [6.07, 6.45) is 0. The second-order valence-corrected chi connectivity index (χ2v) is 8.57. The van der Waals surface area contributed by atoms with Gasteiger partial charge in [-0.25, -0.2) is 17.9 Å². The van der Waals surface area contributed by atoms with Gasteiger partial charge in [0.15, 0.2) is 0 Å². The Balaban J connectivity index is 2.00. The Morgan fingerprint density at radius 1 is 1.15 bits per heavy atom. The second-order valence-electron chi connectivity index (χ2n) is 6.00. The van der Waals surface area contributed by atoms with Gasteiger partial charge in [0.1, 0.15) is 9.77 Å². The van der Waals surface area contributed by atoms with Crippen LogP contribution >= 0.6 is 11.3 Å². The van der Waals surface area contributed by atoms with Crippen LogP contribution in [0.2, 0.25) is 0 Å². The van der Waals surface area contributed by atoms with Crippen LogP contribution in [0.15, 0.2) is 40.6 Å². The first-order valence-electron chi connectivity index (χ1n) is 8.06. The van der Waals surface area contributed by atoms with Crippen LogP contribution in [-0.2, 0) is 14.8 Å². The van der Waals surface area contributed by atoms with Crippen LogP contribution in [0, 0.1) is 20.8 Å². The van der Waals surface area contributed by atoms with Crippen molar-refractivity contribution in [2.24, 2.45) is 0 Å². The lowest BCUT2D eigenvalue weighted by Crippen LogP contribution is -2.16. The van der Waals surface area contributed by atoms with E-state index in [9.17, 15) is 13.2 Å². The van der Waals surface area contributed by atoms with Crippen LogP contribution in [0.3, 0.4) is 0 Å². The molecule has 9 heteroatoms. The lowest BCUT2D eigenvalue weighted by Gasteiger charge is -2.09. The monoisotopic (exact) mass is 405 g/mol. The number of hydrogen-bond donors (Lipinski definition) is 1. The molecule has 3 rings (SSSR count). The van der Waals surface area contributed by atoms with Gasteiger partial charge in [0.25, 0.3) is 10.0 Å². The van der Waals surface area contributed by atoms with E-state index in [-0.39, 0.29) is 9.77 Å². The molecule has 1 aromatic carbocycles. The molecule has 0 bridgehead atoms. The summed E-state index contributed by atoms with van der Waals surface area (Å²) in [7, 11) is -2.76. The lowest BCUT2D eigenvalue weighted by atomic mass is 10.2. The Labute approximate surface area is 161 Å². The molecule has 3 aromatic rings. The molecule has 0 saturated heterocycles. The summed E-state index contributed by atoms with van der Waals surface area (Å²) >= 11 is 1.02. The first-order chi connectivity index (χ1) is 12.7. The highest BCUT2D eigenvalue weighted by Crippen LogP contribution is 2.29. The summed E-state index contributed by atoms with van der Waals surface area (Å²) in [5.41, 5.74) is 3.52. The maximum Gasteiger partial charge on any atom is 0.349 e. The molecule has 0 radical (unpaired) electrons. The van der Waals surface area contributed by atoms with Crippen molar-refractivity contribution in [3.05, 3.63) is 57.5 Å². The van der Waals surface area contributed by atoms with Gasteiger partial charge in [0.2, 0.25) is 0 Å². The number of anilines is 1. The molecule has 1 N–H and O–H groups in total. The van der Waals surface area contributed by atoms with Crippen molar-refractivity contribution in [3.63, 3.8) is 0 Å². The van der Waals surface area contributed by atoms with Crippen molar-refractivity contribution in [2.45, 2.75) is 25.7 Å². The van der Waals surface area contributed by atoms with E-state index >= 15 is 0 Å². The summed E-state index contributed by atoms with van der Waals surface area (Å²) in [5.74, 6) is -0.686. The van der Waals surface area contributed by atoms with Gasteiger partial charge >= 0.3 is 5.97 Å². The van der Waals surface area contributed by atoms with Gasteiger partial charge < -0.3 is 4.74 Å². The number of sulfonamides is 1. The maximum atomic E-state index is 12.8. The smallest absolute Gasteiger partial charge is 0.349 e. The molecule has 2 aromatic heterocycles. The predicted molar refractivity (Wildman–Crippen MR) is 104 cm³/mol. The van der Waals surface area contributed by atoms with Crippen molar-refractivity contribution < 1.29 is 17.9 Å². The van der Waals surface area contributed by atoms with Gasteiger partial charge in [-0.2, -0.15) is 5.10 Å². The highest BCUT2D eigenvalue weighted by molar-refractivity contribution is 7.93. The molecule has 142 valence electrons. The number of rotatable bonds is 5. The van der Waals surface area contributed by atoms with Crippen molar-refractivity contribution in [3.8, 4) is 5.69 Å². The second kappa shape index (κ2) is 7.16. The summed E-state index contributed by atoms with van der Waals surface area (Å²) in [6, 6.07) is 9.14. The van der Waals surface area contributed by atoms with E-state index in [1.165, 1.54) is 18.6 Å². The van der Waals surface area contributed by atoms with E-state index in [0.29, 0.717) is 17.1 Å². The molecule has 7 nitrogen and oxygen atoms in total. The number of benzene rings is 1. The Kier molecular flexibility index (Phi) is 5.07. The molecule has 0 atom stereocenters. The van der Waals surface area contributed by atoms with Crippen LogP contribution in [0.25, 0.3) is 5.69 Å². The number of aryl methyl sites for hydroxylation is 2. The quantitative estimate of drug-likeness (QED) is 0.657. The van der Waals surface area contributed by atoms with E-state index in [4.69, 9.17) is 0 Å². The average Bonchev–Trinajstić information content (AvgIpc) is 3.23. The number of aromatic nitrogens is 2. The first-order valence-corrected chi connectivity index (χ1v) is 10.4. The minimum atomic E-state index is -3.97. The van der Waals surface area contributed by atoms with Crippen LogP contribution in [0.5, 0.6) is 0 Å². The molecule has 0 aliphatic carbocycles. The summed E-state index contributed by atoms with van der Waals surface area (Å²) in [4.78, 5) is 11.7. The molecule has 0 unspecified atom stereocenters. The van der Waals surface area contributed by atoms with E-state index < -0.39 is 16.0 Å². The zero-order chi connectivity index (χ0) is 19.8. The fraction of sp³-hybridized carbons (Fsp3) is 0.222. The Bertz CT molecular complexity index is 1100. The van der Waals surface area contributed by atoms with E-state index in [0.717, 1.165) is 22.6 Å². The fourth-order valence-corrected chi connectivity index (χ4v) is 5.18. The number of methoxy groups -OCH3 is 1. The lowest BCUT2D eigenvalue weighted by molar-refractivity contribution is 0.0602. The largest absolute Gasteiger partial charge is 0.465 e. The van der Waals surface area contributed by atoms with Crippen LogP contribution < -0.4 is 4.72 Å². The molecule has 0 aliphatic rings. The third-order valence-electron chi connectivity index (χ3n) is 4.10. The number of carbonyl (C=O) groups is 1. The van der Waals surface area contributed by atoms with Gasteiger partial charge in [0.05, 0.1) is 29.9 Å². The minimum Gasteiger partial charge on any atom is -0.465 e. The van der Waals surface area contributed by atoms with Gasteiger partial charge in [-0.1, -0.05) is 17.7 Å². The number of ether oxygens (including phenoxy) is 1. The molecule has 27 heavy (non-hydrogen) atoms. The van der Waals surface area contributed by atoms with Crippen LogP contribution in [-0.4, -0.2) is 31.3 Å². The number of carbonyl (C=O) groups excluding carboxylic acids is 1. The first kappa shape index (κ1) is 19.1. The third kappa shape index (κ3) is 3.60. The number of hydrogen-bond acceptors (Lipinski definition) is 6. The van der Waals surface area contributed by atoms with E-state index in [2.05, 4.69) is 14.6 Å². The molecule has 0 aliphatic heterocycles. The molecule has 0 amide bonds. The van der Waals surface area contributed by atoms with Crippen molar-refractivity contribution >= 4 is 33.0 Å². The zero-order valence-electron chi connectivity index (χ0n) is 15.3. The Morgan fingerprint density at radius 2 is 1.81 bits per heavy atom. The number of nitrogens with zero attached hydrogens (tertiary/aromatic N) is 2. The van der Waals surface area contributed by atoms with Crippen molar-refractivity contribution in [2.75, 3.05) is 11.8 Å². The molecule has 0 fully saturated rings. The van der Waals surface area contributed by atoms with Crippen molar-refractivity contribution in [1.82, 2.24) is 9.78 Å². The molecule has 0 saturated carbocycles. The number of esters is 1. The van der Waals surface area contributed by atoms with Gasteiger partial charge in [-0.3, -0.25) is 4.72 Å². The maximum absolute atomic E-state index is 12.8. The zero-order valence-corrected chi connectivity index (χ0v) is 16.9. The predicted octanol–water partition coefficient (Wildman–Crippen LogP) is 3.45. The normalized spacial score (nSPS) is 11.4. The van der Waals surface area contributed by atoms with E-state index in [1.54, 1.807) is 18.5 Å². The average molecular weight is 406 g/mol. The Morgan fingerprint density at radius 3 is 2.44 bits per heavy atom. The van der Waals surface area contributed by atoms with Gasteiger partial charge in [-0.15, -0.1) is 11.3 Å². The highest BCUT2D eigenvalue weighted by atomic mass is 32.2. The van der Waals surface area contributed by atoms with Crippen LogP contribution in [0.4, 0.5) is 5.69 Å². The molecular formula is C18H19N3O4S2. The third-order valence-corrected chi connectivity index (χ3v) is 6.51. The fourth-order valence-electron chi connectivity index (χ4n) is 2.67. The SMILES string of the molecule is COC(=O)c1sccc1S(=O)(=O)Nc1c(C)nn(-c2ccc(C)cc2)c1C. The summed E-state index contributed by atoms with van der Waals surface area (Å²) < 4.78 is 34.6. The topological polar surface area (TPSA) is 90.3 Å². The molecular weight excluding hydrogens is 386 g/mol. The summed E-state index contributed by atoms with van der Waals surface area (Å²) in [6.45, 7) is 5.50.